The third-order valence-electron chi connectivity index (χ3n) is 4.87. The van der Waals surface area contributed by atoms with Gasteiger partial charge in [0.1, 0.15) is 5.82 Å². The first-order valence-corrected chi connectivity index (χ1v) is 8.31. The summed E-state index contributed by atoms with van der Waals surface area (Å²) < 4.78 is 1.76. The molecule has 0 amide bonds. The van der Waals surface area contributed by atoms with Crippen molar-refractivity contribution >= 4 is 5.82 Å². The Balaban J connectivity index is 1.52. The van der Waals surface area contributed by atoms with Crippen LogP contribution in [-0.4, -0.2) is 45.0 Å². The summed E-state index contributed by atoms with van der Waals surface area (Å²) >= 11 is 0. The van der Waals surface area contributed by atoms with Gasteiger partial charge in [-0.1, -0.05) is 30.3 Å². The molecule has 2 aromatic rings. The van der Waals surface area contributed by atoms with E-state index in [-0.39, 0.29) is 0 Å². The molecule has 2 N–H and O–H groups in total. The van der Waals surface area contributed by atoms with Crippen LogP contribution in [0.25, 0.3) is 0 Å². The van der Waals surface area contributed by atoms with E-state index < -0.39 is 5.60 Å². The van der Waals surface area contributed by atoms with Gasteiger partial charge in [-0.2, -0.15) is 5.10 Å². The van der Waals surface area contributed by atoms with Gasteiger partial charge in [-0.25, -0.2) is 0 Å². The third-order valence-corrected chi connectivity index (χ3v) is 4.87. The van der Waals surface area contributed by atoms with Crippen molar-refractivity contribution in [2.45, 2.75) is 31.4 Å². The van der Waals surface area contributed by atoms with Gasteiger partial charge >= 0.3 is 0 Å². The molecule has 1 saturated heterocycles. The van der Waals surface area contributed by atoms with E-state index in [9.17, 15) is 5.11 Å². The van der Waals surface area contributed by atoms with Crippen LogP contribution in [0.3, 0.4) is 0 Å². The number of rotatable bonds is 5. The Morgan fingerprint density at radius 2 is 1.91 bits per heavy atom. The van der Waals surface area contributed by atoms with Crippen LogP contribution in [0.4, 0.5) is 5.82 Å². The number of hydrogen-bond acceptors (Lipinski definition) is 4. The zero-order valence-corrected chi connectivity index (χ0v) is 13.9. The number of nitrogens with zero attached hydrogens (tertiary/aromatic N) is 3. The largest absolute Gasteiger partial charge is 0.388 e. The Morgan fingerprint density at radius 1 is 1.22 bits per heavy atom. The summed E-state index contributed by atoms with van der Waals surface area (Å²) in [5.74, 6) is 0.820. The summed E-state index contributed by atoms with van der Waals surface area (Å²) in [5, 5.41) is 18.3. The summed E-state index contributed by atoms with van der Waals surface area (Å²) in [6.45, 7) is 4.62. The summed E-state index contributed by atoms with van der Waals surface area (Å²) in [6.07, 6.45) is 3.46. The fourth-order valence-electron chi connectivity index (χ4n) is 3.21. The minimum Gasteiger partial charge on any atom is -0.388 e. The molecular weight excluding hydrogens is 288 g/mol. The lowest BCUT2D eigenvalue weighted by molar-refractivity contribution is -0.0193. The molecule has 23 heavy (non-hydrogen) atoms. The molecule has 1 atom stereocenters. The van der Waals surface area contributed by atoms with E-state index in [1.54, 1.807) is 4.68 Å². The molecule has 5 heteroatoms. The molecule has 0 aliphatic carbocycles. The zero-order chi connectivity index (χ0) is 16.3. The number of piperidine rings is 1. The number of aromatic nitrogens is 2. The summed E-state index contributed by atoms with van der Waals surface area (Å²) in [6, 6.07) is 12.9. The standard InChI is InChI=1S/C18H26N4O/c1-15(16-6-4-3-5-7-16)22-12-9-18(23,10-13-22)14-19-17-8-11-21(2)20-17/h3-8,11,15,23H,9-10,12-14H2,1-2H3,(H,19,20). The smallest absolute Gasteiger partial charge is 0.148 e. The van der Waals surface area contributed by atoms with Crippen molar-refractivity contribution in [3.05, 3.63) is 48.2 Å². The highest BCUT2D eigenvalue weighted by molar-refractivity contribution is 5.32. The van der Waals surface area contributed by atoms with E-state index >= 15 is 0 Å². The van der Waals surface area contributed by atoms with Gasteiger partial charge in [0.05, 0.1) is 5.60 Å². The predicted octanol–water partition coefficient (Wildman–Crippen LogP) is 2.42. The Kier molecular flexibility index (Phi) is 4.68. The summed E-state index contributed by atoms with van der Waals surface area (Å²) in [4.78, 5) is 2.45. The quantitative estimate of drug-likeness (QED) is 0.890. The highest BCUT2D eigenvalue weighted by atomic mass is 16.3. The number of aryl methyl sites for hydroxylation is 1. The van der Waals surface area contributed by atoms with Crippen molar-refractivity contribution in [2.75, 3.05) is 25.0 Å². The average molecular weight is 314 g/mol. The number of anilines is 1. The van der Waals surface area contributed by atoms with E-state index in [0.717, 1.165) is 31.7 Å². The van der Waals surface area contributed by atoms with Crippen LogP contribution in [0.2, 0.25) is 0 Å². The second kappa shape index (κ2) is 6.72. The lowest BCUT2D eigenvalue weighted by Gasteiger charge is -2.41. The SMILES string of the molecule is CC(c1ccccc1)N1CCC(O)(CNc2ccn(C)n2)CC1. The molecule has 0 bridgehead atoms. The molecule has 1 aliphatic heterocycles. The van der Waals surface area contributed by atoms with Crippen molar-refractivity contribution in [3.8, 4) is 0 Å². The van der Waals surface area contributed by atoms with Crippen LogP contribution in [0, 0.1) is 0 Å². The first-order chi connectivity index (χ1) is 11.1. The van der Waals surface area contributed by atoms with Crippen LogP contribution >= 0.6 is 0 Å². The monoisotopic (exact) mass is 314 g/mol. The van der Waals surface area contributed by atoms with Gasteiger partial charge < -0.3 is 10.4 Å². The molecule has 124 valence electrons. The van der Waals surface area contributed by atoms with E-state index in [2.05, 4.69) is 52.6 Å². The summed E-state index contributed by atoms with van der Waals surface area (Å²) in [5.41, 5.74) is 0.689. The molecule has 1 aliphatic rings. The minimum atomic E-state index is -0.648. The number of likely N-dealkylation sites (tertiary alicyclic amines) is 1. The lowest BCUT2D eigenvalue weighted by atomic mass is 9.90. The van der Waals surface area contributed by atoms with E-state index in [1.807, 2.05) is 19.3 Å². The van der Waals surface area contributed by atoms with Crippen LogP contribution in [0.1, 0.15) is 31.4 Å². The molecule has 1 aromatic carbocycles. The highest BCUT2D eigenvalue weighted by Crippen LogP contribution is 2.29. The molecule has 0 radical (unpaired) electrons. The van der Waals surface area contributed by atoms with Gasteiger partial charge in [0.15, 0.2) is 0 Å². The van der Waals surface area contributed by atoms with Gasteiger partial charge in [-0.3, -0.25) is 9.58 Å². The fraction of sp³-hybridized carbons (Fsp3) is 0.500. The molecule has 0 spiro atoms. The van der Waals surface area contributed by atoms with Gasteiger partial charge in [0.25, 0.3) is 0 Å². The number of nitrogens with one attached hydrogen (secondary N) is 1. The first kappa shape index (κ1) is 16.0. The Hall–Kier alpha value is -1.85. The molecule has 1 fully saturated rings. The van der Waals surface area contributed by atoms with Crippen molar-refractivity contribution in [3.63, 3.8) is 0 Å². The van der Waals surface area contributed by atoms with Crippen LogP contribution in [0.15, 0.2) is 42.6 Å². The van der Waals surface area contributed by atoms with Crippen molar-refractivity contribution < 1.29 is 5.11 Å². The fourth-order valence-corrected chi connectivity index (χ4v) is 3.21. The van der Waals surface area contributed by atoms with Crippen LogP contribution in [-0.2, 0) is 7.05 Å². The molecule has 0 saturated carbocycles. The zero-order valence-electron chi connectivity index (χ0n) is 13.9. The van der Waals surface area contributed by atoms with Gasteiger partial charge in [0.2, 0.25) is 0 Å². The Labute approximate surface area is 137 Å². The maximum absolute atomic E-state index is 10.8. The number of benzene rings is 1. The second-order valence-corrected chi connectivity index (χ2v) is 6.58. The van der Waals surface area contributed by atoms with Gasteiger partial charge in [-0.05, 0) is 25.3 Å². The molecule has 1 aromatic heterocycles. The second-order valence-electron chi connectivity index (χ2n) is 6.58. The van der Waals surface area contributed by atoms with Gasteiger partial charge in [0, 0.05) is 45.0 Å². The first-order valence-electron chi connectivity index (χ1n) is 8.31. The molecule has 1 unspecified atom stereocenters. The lowest BCUT2D eigenvalue weighted by Crippen LogP contribution is -2.48. The molecule has 3 rings (SSSR count). The van der Waals surface area contributed by atoms with E-state index in [0.29, 0.717) is 12.6 Å². The molecule has 2 heterocycles. The maximum atomic E-state index is 10.8. The maximum Gasteiger partial charge on any atom is 0.148 e. The molecule has 5 nitrogen and oxygen atoms in total. The van der Waals surface area contributed by atoms with Gasteiger partial charge in [-0.15, -0.1) is 0 Å². The topological polar surface area (TPSA) is 53.3 Å². The van der Waals surface area contributed by atoms with Crippen molar-refractivity contribution in [2.24, 2.45) is 7.05 Å². The van der Waals surface area contributed by atoms with Crippen molar-refractivity contribution in [1.29, 1.82) is 0 Å². The average Bonchev–Trinajstić information content (AvgIpc) is 3.00. The molecular formula is C18H26N4O. The van der Waals surface area contributed by atoms with E-state index in [4.69, 9.17) is 0 Å². The predicted molar refractivity (Wildman–Crippen MR) is 92.3 cm³/mol. The van der Waals surface area contributed by atoms with Crippen molar-refractivity contribution in [1.82, 2.24) is 14.7 Å². The number of hydrogen-bond donors (Lipinski definition) is 2. The number of aliphatic hydroxyl groups is 1. The summed E-state index contributed by atoms with van der Waals surface area (Å²) in [7, 11) is 1.89. The van der Waals surface area contributed by atoms with E-state index in [1.165, 1.54) is 5.56 Å². The minimum absolute atomic E-state index is 0.393. The Morgan fingerprint density at radius 3 is 2.52 bits per heavy atom. The van der Waals surface area contributed by atoms with Crippen LogP contribution in [0.5, 0.6) is 0 Å². The van der Waals surface area contributed by atoms with Crippen LogP contribution < -0.4 is 5.32 Å². The highest BCUT2D eigenvalue weighted by Gasteiger charge is 2.33. The third kappa shape index (κ3) is 3.92. The normalized spacial score (nSPS) is 19.4. The Bertz CT molecular complexity index is 617.